The molecule has 0 radical (unpaired) electrons. The van der Waals surface area contributed by atoms with Gasteiger partial charge in [0.05, 0.1) is 0 Å². The third-order valence-electron chi connectivity index (χ3n) is 0.855. The van der Waals surface area contributed by atoms with Crippen LogP contribution in [0.3, 0.4) is 0 Å². The summed E-state index contributed by atoms with van der Waals surface area (Å²) < 4.78 is 23.9. The van der Waals surface area contributed by atoms with Gasteiger partial charge in [0.2, 0.25) is 6.41 Å². The van der Waals surface area contributed by atoms with E-state index in [1.54, 1.807) is 5.43 Å². The number of carbonyl (C=O) groups is 1. The Bertz CT molecular complexity index is 225. The number of hydrogen-bond acceptors (Lipinski definition) is 2. The van der Waals surface area contributed by atoms with Gasteiger partial charge >= 0.3 is 0 Å². The first-order valence-corrected chi connectivity index (χ1v) is 3.01. The van der Waals surface area contributed by atoms with E-state index >= 15 is 0 Å². The molecule has 12 heavy (non-hydrogen) atoms. The zero-order valence-corrected chi connectivity index (χ0v) is 6.13. The summed E-state index contributed by atoms with van der Waals surface area (Å²) in [5.74, 6) is 3.34. The van der Waals surface area contributed by atoms with Crippen LogP contribution in [0.25, 0.3) is 0 Å². The summed E-state index contributed by atoms with van der Waals surface area (Å²) in [6.07, 6.45) is 0.403. The Balaban J connectivity index is 0.000000261. The van der Waals surface area contributed by atoms with Crippen LogP contribution in [-0.2, 0) is 4.79 Å². The van der Waals surface area contributed by atoms with Crippen LogP contribution in [0, 0.1) is 11.6 Å². The number of rotatable bonds is 1. The second-order valence-corrected chi connectivity index (χ2v) is 1.72. The summed E-state index contributed by atoms with van der Waals surface area (Å²) in [5, 5.41) is 0. The number of hydrogen-bond donors (Lipinski definition) is 2. The van der Waals surface area contributed by atoms with E-state index in [-0.39, 0.29) is 0 Å². The molecule has 0 aliphatic carbocycles. The minimum absolute atomic E-state index is 0.403. The van der Waals surface area contributed by atoms with Crippen LogP contribution < -0.4 is 11.3 Å². The predicted octanol–water partition coefficient (Wildman–Crippen LogP) is 0.571. The molecule has 3 N–H and O–H groups in total. The summed E-state index contributed by atoms with van der Waals surface area (Å²) >= 11 is 0. The fourth-order valence-corrected chi connectivity index (χ4v) is 0.460. The van der Waals surface area contributed by atoms with Crippen molar-refractivity contribution in [1.82, 2.24) is 5.43 Å². The molecule has 1 rings (SSSR count). The molecular weight excluding hydrogens is 166 g/mol. The highest BCUT2D eigenvalue weighted by molar-refractivity contribution is 5.44. The Kier molecular flexibility index (Phi) is 5.46. The number of carbonyl (C=O) groups excluding carboxylic acids is 1. The molecule has 0 aliphatic rings. The maximum Gasteiger partial charge on any atom is 0.221 e. The zero-order valence-electron chi connectivity index (χ0n) is 6.13. The highest BCUT2D eigenvalue weighted by Gasteiger charge is 1.88. The van der Waals surface area contributed by atoms with E-state index in [2.05, 4.69) is 5.84 Å². The average Bonchev–Trinajstić information content (AvgIpc) is 2.04. The molecule has 1 aromatic carbocycles. The summed E-state index contributed by atoms with van der Waals surface area (Å²) in [7, 11) is 0. The molecule has 1 amide bonds. The lowest BCUT2D eigenvalue weighted by molar-refractivity contribution is -0.109. The highest BCUT2D eigenvalue weighted by Crippen LogP contribution is 1.99. The molecule has 0 saturated heterocycles. The molecule has 5 heteroatoms. The monoisotopic (exact) mass is 174 g/mol. The summed E-state index contributed by atoms with van der Waals surface area (Å²) in [5.41, 5.74) is 1.75. The van der Waals surface area contributed by atoms with E-state index in [1.165, 1.54) is 18.2 Å². The second-order valence-electron chi connectivity index (χ2n) is 1.72. The quantitative estimate of drug-likeness (QED) is 0.283. The fraction of sp³-hybridized carbons (Fsp3) is 0. The van der Waals surface area contributed by atoms with Gasteiger partial charge in [-0.2, -0.15) is 0 Å². The molecule has 0 heterocycles. The normalized spacial score (nSPS) is 7.92. The van der Waals surface area contributed by atoms with Crippen molar-refractivity contribution >= 4 is 6.41 Å². The molecular formula is C7H8F2N2O. The zero-order chi connectivity index (χ0) is 9.40. The molecule has 0 unspecified atom stereocenters. The van der Waals surface area contributed by atoms with E-state index < -0.39 is 11.6 Å². The average molecular weight is 174 g/mol. The van der Waals surface area contributed by atoms with Crippen molar-refractivity contribution in [3.8, 4) is 0 Å². The van der Waals surface area contributed by atoms with Crippen molar-refractivity contribution in [3.63, 3.8) is 0 Å². The van der Waals surface area contributed by atoms with E-state index in [9.17, 15) is 8.78 Å². The number of amides is 1. The molecule has 0 aromatic heterocycles. The summed E-state index contributed by atoms with van der Waals surface area (Å²) in [6.45, 7) is 0. The molecule has 0 bridgehead atoms. The van der Waals surface area contributed by atoms with Gasteiger partial charge in [-0.3, -0.25) is 10.2 Å². The Hall–Kier alpha value is -1.49. The number of halogens is 2. The van der Waals surface area contributed by atoms with Gasteiger partial charge in [0.15, 0.2) is 0 Å². The smallest absolute Gasteiger partial charge is 0.221 e. The van der Waals surface area contributed by atoms with E-state index in [0.29, 0.717) is 6.41 Å². The van der Waals surface area contributed by atoms with Gasteiger partial charge in [0, 0.05) is 6.07 Å². The molecule has 0 fully saturated rings. The van der Waals surface area contributed by atoms with E-state index in [4.69, 9.17) is 4.79 Å². The van der Waals surface area contributed by atoms with Gasteiger partial charge in [-0.1, -0.05) is 6.07 Å². The Morgan fingerprint density at radius 3 is 1.92 bits per heavy atom. The third kappa shape index (κ3) is 5.31. The van der Waals surface area contributed by atoms with Crippen LogP contribution in [0.5, 0.6) is 0 Å². The van der Waals surface area contributed by atoms with Gasteiger partial charge in [0.25, 0.3) is 0 Å². The van der Waals surface area contributed by atoms with Gasteiger partial charge < -0.3 is 0 Å². The van der Waals surface area contributed by atoms with Gasteiger partial charge in [-0.05, 0) is 12.1 Å². The van der Waals surface area contributed by atoms with Gasteiger partial charge in [-0.25, -0.2) is 14.6 Å². The van der Waals surface area contributed by atoms with Crippen molar-refractivity contribution in [2.45, 2.75) is 0 Å². The lowest BCUT2D eigenvalue weighted by atomic mass is 10.3. The van der Waals surface area contributed by atoms with Crippen LogP contribution in [0.1, 0.15) is 0 Å². The number of hydrazine groups is 1. The topological polar surface area (TPSA) is 55.1 Å². The van der Waals surface area contributed by atoms with Crippen molar-refractivity contribution in [1.29, 1.82) is 0 Å². The van der Waals surface area contributed by atoms with Gasteiger partial charge in [0.1, 0.15) is 11.6 Å². The molecule has 0 aliphatic heterocycles. The van der Waals surface area contributed by atoms with Crippen molar-refractivity contribution in [2.24, 2.45) is 5.84 Å². The maximum absolute atomic E-state index is 11.9. The van der Waals surface area contributed by atoms with Crippen LogP contribution in [0.4, 0.5) is 8.78 Å². The number of nitrogens with two attached hydrogens (primary N) is 1. The van der Waals surface area contributed by atoms with Crippen LogP contribution in [0.15, 0.2) is 24.3 Å². The van der Waals surface area contributed by atoms with Crippen LogP contribution >= 0.6 is 0 Å². The summed E-state index contributed by atoms with van der Waals surface area (Å²) in [6, 6.07) is 4.55. The summed E-state index contributed by atoms with van der Waals surface area (Å²) in [4.78, 5) is 8.94. The Labute approximate surface area is 68.2 Å². The Morgan fingerprint density at radius 1 is 1.33 bits per heavy atom. The lowest BCUT2D eigenvalue weighted by Crippen LogP contribution is -2.18. The second kappa shape index (κ2) is 6.23. The fourth-order valence-electron chi connectivity index (χ4n) is 0.460. The standard InChI is InChI=1S/C6H4F2.CH4N2O/c7-5-2-1-3-6(8)4-5;2-3-1-4/h1-4H;1H,2H2,(H,3,4). The molecule has 0 saturated carbocycles. The lowest BCUT2D eigenvalue weighted by Gasteiger charge is -1.84. The van der Waals surface area contributed by atoms with Gasteiger partial charge in [-0.15, -0.1) is 0 Å². The first-order chi connectivity index (χ1) is 5.70. The molecule has 66 valence electrons. The number of benzene rings is 1. The maximum atomic E-state index is 11.9. The van der Waals surface area contributed by atoms with E-state index in [0.717, 1.165) is 6.07 Å². The Morgan fingerprint density at radius 2 is 1.75 bits per heavy atom. The van der Waals surface area contributed by atoms with Crippen LogP contribution in [-0.4, -0.2) is 6.41 Å². The molecule has 0 spiro atoms. The molecule has 0 atom stereocenters. The largest absolute Gasteiger partial charge is 0.297 e. The van der Waals surface area contributed by atoms with Crippen molar-refractivity contribution < 1.29 is 13.6 Å². The minimum atomic E-state index is -0.537. The first-order valence-electron chi connectivity index (χ1n) is 3.01. The highest BCUT2D eigenvalue weighted by atomic mass is 19.1. The first kappa shape index (κ1) is 10.5. The molecule has 1 aromatic rings. The predicted molar refractivity (Wildman–Crippen MR) is 39.7 cm³/mol. The van der Waals surface area contributed by atoms with E-state index in [1.807, 2.05) is 0 Å². The van der Waals surface area contributed by atoms with Crippen molar-refractivity contribution in [3.05, 3.63) is 35.9 Å². The minimum Gasteiger partial charge on any atom is -0.297 e. The molecule has 3 nitrogen and oxygen atoms in total. The SMILES string of the molecule is Fc1cccc(F)c1.NNC=O. The van der Waals surface area contributed by atoms with Crippen LogP contribution in [0.2, 0.25) is 0 Å². The van der Waals surface area contributed by atoms with Crippen molar-refractivity contribution in [2.75, 3.05) is 0 Å². The number of nitrogens with one attached hydrogen (secondary N) is 1. The third-order valence-corrected chi connectivity index (χ3v) is 0.855.